The third-order valence-electron chi connectivity index (χ3n) is 1.98. The molecule has 0 aliphatic carbocycles. The lowest BCUT2D eigenvalue weighted by molar-refractivity contribution is 0.0873. The first-order chi connectivity index (χ1) is 7.77. The zero-order valence-electron chi connectivity index (χ0n) is 9.09. The number of carbonyl (C=O) groups is 1. The fourth-order valence-corrected chi connectivity index (χ4v) is 1.23. The van der Waals surface area contributed by atoms with Crippen LogP contribution in [-0.4, -0.2) is 47.3 Å². The summed E-state index contributed by atoms with van der Waals surface area (Å²) in [6, 6.07) is -0.218. The number of amides is 1. The van der Waals surface area contributed by atoms with Crippen LogP contribution in [0, 0.1) is 0 Å². The van der Waals surface area contributed by atoms with Gasteiger partial charge in [0.2, 0.25) is 0 Å². The van der Waals surface area contributed by atoms with Crippen LogP contribution in [0.4, 0.5) is 0 Å². The Kier molecular flexibility index (Phi) is 5.38. The van der Waals surface area contributed by atoms with E-state index in [2.05, 4.69) is 15.3 Å². The van der Waals surface area contributed by atoms with E-state index in [9.17, 15) is 4.79 Å². The minimum absolute atomic E-state index is 0.00518. The van der Waals surface area contributed by atoms with Crippen molar-refractivity contribution in [3.05, 3.63) is 24.3 Å². The van der Waals surface area contributed by atoms with Crippen molar-refractivity contribution in [3.63, 3.8) is 0 Å². The van der Waals surface area contributed by atoms with Crippen LogP contribution in [0.15, 0.2) is 18.6 Å². The summed E-state index contributed by atoms with van der Waals surface area (Å²) >= 11 is 0. The highest BCUT2D eigenvalue weighted by Gasteiger charge is 2.13. The third kappa shape index (κ3) is 3.92. The van der Waals surface area contributed by atoms with E-state index in [-0.39, 0.29) is 24.2 Å². The molecule has 0 saturated heterocycles. The molecule has 6 heteroatoms. The van der Waals surface area contributed by atoms with E-state index in [4.69, 9.17) is 9.84 Å². The molecule has 0 fully saturated rings. The first kappa shape index (κ1) is 12.5. The Bertz CT molecular complexity index is 312. The van der Waals surface area contributed by atoms with Crippen molar-refractivity contribution in [2.75, 3.05) is 20.3 Å². The van der Waals surface area contributed by atoms with Gasteiger partial charge in [-0.1, -0.05) is 0 Å². The fraction of sp³-hybridized carbons (Fsp3) is 0.500. The number of aromatic nitrogens is 2. The summed E-state index contributed by atoms with van der Waals surface area (Å²) in [4.78, 5) is 19.3. The molecule has 0 aliphatic heterocycles. The van der Waals surface area contributed by atoms with Crippen LogP contribution < -0.4 is 5.32 Å². The number of nitrogens with one attached hydrogen (secondary N) is 1. The van der Waals surface area contributed by atoms with Gasteiger partial charge in [0.1, 0.15) is 5.69 Å². The summed E-state index contributed by atoms with van der Waals surface area (Å²) < 4.78 is 4.93. The van der Waals surface area contributed by atoms with E-state index in [1.807, 2.05) is 0 Å². The average Bonchev–Trinajstić information content (AvgIpc) is 2.31. The molecule has 1 aromatic heterocycles. The van der Waals surface area contributed by atoms with Crippen molar-refractivity contribution in [3.8, 4) is 0 Å². The summed E-state index contributed by atoms with van der Waals surface area (Å²) in [5.41, 5.74) is 0.251. The third-order valence-corrected chi connectivity index (χ3v) is 1.98. The standard InChI is InChI=1S/C10H15N3O3/c1-16-7-8(2-5-14)13-10(15)9-6-11-3-4-12-9/h3-4,6,8,14H,2,5,7H2,1H3,(H,13,15). The summed E-state index contributed by atoms with van der Waals surface area (Å²) in [5, 5.41) is 11.5. The molecule has 0 aliphatic rings. The van der Waals surface area contributed by atoms with Gasteiger partial charge in [0.25, 0.3) is 5.91 Å². The monoisotopic (exact) mass is 225 g/mol. The molecule has 1 unspecified atom stereocenters. The lowest BCUT2D eigenvalue weighted by atomic mass is 10.2. The number of aliphatic hydroxyl groups excluding tert-OH is 1. The van der Waals surface area contributed by atoms with Gasteiger partial charge in [0.15, 0.2) is 0 Å². The summed E-state index contributed by atoms with van der Waals surface area (Å²) in [6.45, 7) is 0.349. The van der Waals surface area contributed by atoms with Crippen LogP contribution in [0.3, 0.4) is 0 Å². The van der Waals surface area contributed by atoms with Gasteiger partial charge in [0.05, 0.1) is 18.8 Å². The SMILES string of the molecule is COCC(CCO)NC(=O)c1cnccn1. The van der Waals surface area contributed by atoms with Crippen LogP contribution in [0.2, 0.25) is 0 Å². The Hall–Kier alpha value is -1.53. The predicted molar refractivity (Wildman–Crippen MR) is 56.9 cm³/mol. The molecule has 0 aromatic carbocycles. The van der Waals surface area contributed by atoms with E-state index in [0.717, 1.165) is 0 Å². The first-order valence-corrected chi connectivity index (χ1v) is 4.94. The second-order valence-electron chi connectivity index (χ2n) is 3.23. The molecular formula is C10H15N3O3. The molecule has 0 saturated carbocycles. The highest BCUT2D eigenvalue weighted by atomic mass is 16.5. The highest BCUT2D eigenvalue weighted by Crippen LogP contribution is 1.96. The molecule has 1 rings (SSSR count). The van der Waals surface area contributed by atoms with E-state index in [0.29, 0.717) is 13.0 Å². The Morgan fingerprint density at radius 3 is 3.00 bits per heavy atom. The predicted octanol–water partition coefficient (Wildman–Crippen LogP) is -0.396. The van der Waals surface area contributed by atoms with Gasteiger partial charge in [-0.05, 0) is 6.42 Å². The smallest absolute Gasteiger partial charge is 0.271 e. The molecule has 1 heterocycles. The zero-order valence-corrected chi connectivity index (χ0v) is 9.09. The second kappa shape index (κ2) is 6.86. The van der Waals surface area contributed by atoms with Crippen molar-refractivity contribution in [1.82, 2.24) is 15.3 Å². The van der Waals surface area contributed by atoms with Crippen LogP contribution in [0.25, 0.3) is 0 Å². The number of rotatable bonds is 6. The van der Waals surface area contributed by atoms with Crippen molar-refractivity contribution >= 4 is 5.91 Å². The van der Waals surface area contributed by atoms with Crippen molar-refractivity contribution in [1.29, 1.82) is 0 Å². The fourth-order valence-electron chi connectivity index (χ4n) is 1.23. The minimum Gasteiger partial charge on any atom is -0.396 e. The maximum atomic E-state index is 11.7. The maximum absolute atomic E-state index is 11.7. The topological polar surface area (TPSA) is 84.3 Å². The van der Waals surface area contributed by atoms with Gasteiger partial charge in [-0.3, -0.25) is 9.78 Å². The highest BCUT2D eigenvalue weighted by molar-refractivity contribution is 5.92. The van der Waals surface area contributed by atoms with Crippen LogP contribution >= 0.6 is 0 Å². The Morgan fingerprint density at radius 2 is 2.44 bits per heavy atom. The number of methoxy groups -OCH3 is 1. The van der Waals surface area contributed by atoms with Crippen LogP contribution in [-0.2, 0) is 4.74 Å². The molecule has 1 aromatic rings. The van der Waals surface area contributed by atoms with Crippen molar-refractivity contribution in [2.24, 2.45) is 0 Å². The Labute approximate surface area is 93.7 Å². The number of nitrogens with zero attached hydrogens (tertiary/aromatic N) is 2. The molecule has 1 amide bonds. The quantitative estimate of drug-likeness (QED) is 0.688. The molecule has 2 N–H and O–H groups in total. The molecule has 0 radical (unpaired) electrons. The molecule has 1 atom stereocenters. The average molecular weight is 225 g/mol. The van der Waals surface area contributed by atoms with Gasteiger partial charge in [0, 0.05) is 26.1 Å². The number of hydrogen-bond acceptors (Lipinski definition) is 5. The first-order valence-electron chi connectivity index (χ1n) is 4.94. The Morgan fingerprint density at radius 1 is 1.62 bits per heavy atom. The van der Waals surface area contributed by atoms with Crippen LogP contribution in [0.5, 0.6) is 0 Å². The molecule has 6 nitrogen and oxygen atoms in total. The van der Waals surface area contributed by atoms with E-state index in [1.165, 1.54) is 18.6 Å². The summed E-state index contributed by atoms with van der Waals surface area (Å²) in [7, 11) is 1.54. The molecule has 88 valence electrons. The minimum atomic E-state index is -0.316. The Balaban J connectivity index is 2.54. The number of ether oxygens (including phenoxy) is 1. The summed E-state index contributed by atoms with van der Waals surface area (Å²) in [6.07, 6.45) is 4.78. The zero-order chi connectivity index (χ0) is 11.8. The lowest BCUT2D eigenvalue weighted by Crippen LogP contribution is -2.39. The van der Waals surface area contributed by atoms with Gasteiger partial charge in [-0.15, -0.1) is 0 Å². The number of carbonyl (C=O) groups excluding carboxylic acids is 1. The van der Waals surface area contributed by atoms with E-state index < -0.39 is 0 Å². The van der Waals surface area contributed by atoms with Gasteiger partial charge < -0.3 is 15.2 Å². The number of aliphatic hydroxyl groups is 1. The molecular weight excluding hydrogens is 210 g/mol. The second-order valence-corrected chi connectivity index (χ2v) is 3.23. The van der Waals surface area contributed by atoms with E-state index >= 15 is 0 Å². The lowest BCUT2D eigenvalue weighted by Gasteiger charge is -2.16. The van der Waals surface area contributed by atoms with Crippen molar-refractivity contribution in [2.45, 2.75) is 12.5 Å². The van der Waals surface area contributed by atoms with Gasteiger partial charge in [-0.2, -0.15) is 0 Å². The van der Waals surface area contributed by atoms with Gasteiger partial charge in [-0.25, -0.2) is 4.98 Å². The van der Waals surface area contributed by atoms with Crippen LogP contribution in [0.1, 0.15) is 16.9 Å². The number of hydrogen-bond donors (Lipinski definition) is 2. The molecule has 0 bridgehead atoms. The van der Waals surface area contributed by atoms with Crippen molar-refractivity contribution < 1.29 is 14.6 Å². The molecule has 16 heavy (non-hydrogen) atoms. The normalized spacial score (nSPS) is 12.1. The van der Waals surface area contributed by atoms with E-state index in [1.54, 1.807) is 7.11 Å². The van der Waals surface area contributed by atoms with Gasteiger partial charge >= 0.3 is 0 Å². The largest absolute Gasteiger partial charge is 0.396 e. The summed E-state index contributed by atoms with van der Waals surface area (Å²) in [5.74, 6) is -0.316. The maximum Gasteiger partial charge on any atom is 0.271 e. The molecule has 0 spiro atoms.